The van der Waals surface area contributed by atoms with Crippen molar-refractivity contribution in [3.05, 3.63) is 28.8 Å². The molecule has 0 bridgehead atoms. The number of aromatic hydroxyl groups is 1. The predicted molar refractivity (Wildman–Crippen MR) is 80.4 cm³/mol. The summed E-state index contributed by atoms with van der Waals surface area (Å²) in [6.45, 7) is 9.71. The first-order valence-electron chi connectivity index (χ1n) is 7.37. The largest absolute Gasteiger partial charge is 0.507 e. The molecule has 1 nitrogen and oxygen atoms in total. The van der Waals surface area contributed by atoms with Gasteiger partial charge < -0.3 is 5.11 Å². The van der Waals surface area contributed by atoms with Crippen molar-refractivity contribution in [3.8, 4) is 5.75 Å². The van der Waals surface area contributed by atoms with Crippen LogP contribution in [0.25, 0.3) is 0 Å². The van der Waals surface area contributed by atoms with Crippen LogP contribution in [-0.2, 0) is 16.8 Å². The predicted octanol–water partition coefficient (Wildman–Crippen LogP) is 5.98. The van der Waals surface area contributed by atoms with Gasteiger partial charge >= 0.3 is 12.1 Å². The zero-order valence-electron chi connectivity index (χ0n) is 14.4. The zero-order valence-corrected chi connectivity index (χ0v) is 14.4. The van der Waals surface area contributed by atoms with Crippen molar-refractivity contribution in [2.75, 3.05) is 0 Å². The van der Waals surface area contributed by atoms with E-state index in [4.69, 9.17) is 0 Å². The molecule has 0 amide bonds. The number of phenolic OH excluding ortho intramolecular Hbond substituents is 1. The Balaban J connectivity index is 3.73. The highest BCUT2D eigenvalue weighted by molar-refractivity contribution is 5.51. The minimum atomic E-state index is -5.69. The number of alkyl halides is 6. The third kappa shape index (κ3) is 3.98. The summed E-state index contributed by atoms with van der Waals surface area (Å²) in [6.07, 6.45) is -10.0. The normalized spacial score (nSPS) is 15.5. The Labute approximate surface area is 137 Å². The summed E-state index contributed by atoms with van der Waals surface area (Å²) < 4.78 is 79.1. The smallest absolute Gasteiger partial charge is 0.426 e. The summed E-state index contributed by atoms with van der Waals surface area (Å²) in [5, 5.41) is 10.4. The molecule has 0 aliphatic heterocycles. The Bertz CT molecular complexity index is 570. The Morgan fingerprint density at radius 3 is 1.38 bits per heavy atom. The monoisotopic (exact) mass is 356 g/mol. The van der Waals surface area contributed by atoms with E-state index in [0.717, 1.165) is 12.1 Å². The highest BCUT2D eigenvalue weighted by atomic mass is 19.4. The summed E-state index contributed by atoms with van der Waals surface area (Å²) >= 11 is 0. The maximum atomic E-state index is 14.1. The van der Waals surface area contributed by atoms with Gasteiger partial charge in [0.25, 0.3) is 6.17 Å². The van der Waals surface area contributed by atoms with E-state index in [2.05, 4.69) is 0 Å². The van der Waals surface area contributed by atoms with Gasteiger partial charge in [-0.25, -0.2) is 4.39 Å². The molecule has 138 valence electrons. The summed E-state index contributed by atoms with van der Waals surface area (Å²) in [5.41, 5.74) is -2.65. The zero-order chi connectivity index (χ0) is 19.3. The second kappa shape index (κ2) is 5.85. The molecule has 0 aliphatic carbocycles. The molecule has 1 atom stereocenters. The van der Waals surface area contributed by atoms with Gasteiger partial charge in [-0.2, -0.15) is 22.0 Å². The lowest BCUT2D eigenvalue weighted by Crippen LogP contribution is -2.40. The molecular weight excluding hydrogens is 334 g/mol. The lowest BCUT2D eigenvalue weighted by molar-refractivity contribution is -0.248. The third-order valence-electron chi connectivity index (χ3n) is 3.72. The minimum absolute atomic E-state index is 0.0407. The summed E-state index contributed by atoms with van der Waals surface area (Å²) in [5.74, 6) is -5.02. The van der Waals surface area contributed by atoms with Crippen molar-refractivity contribution in [1.82, 2.24) is 0 Å². The number of halogens is 6. The van der Waals surface area contributed by atoms with E-state index < -0.39 is 34.7 Å². The molecule has 1 aromatic rings. The average Bonchev–Trinajstić information content (AvgIpc) is 2.33. The fourth-order valence-corrected chi connectivity index (χ4v) is 2.32. The maximum Gasteiger partial charge on any atom is 0.426 e. The first-order valence-corrected chi connectivity index (χ1v) is 7.37. The van der Waals surface area contributed by atoms with E-state index in [1.165, 1.54) is 0 Å². The maximum absolute atomic E-state index is 14.1. The van der Waals surface area contributed by atoms with Crippen LogP contribution < -0.4 is 0 Å². The molecule has 1 unspecified atom stereocenters. The van der Waals surface area contributed by atoms with Gasteiger partial charge in [0.1, 0.15) is 5.75 Å². The van der Waals surface area contributed by atoms with Crippen LogP contribution >= 0.6 is 0 Å². The van der Waals surface area contributed by atoms with Crippen LogP contribution in [0.5, 0.6) is 5.75 Å². The molecule has 0 aromatic heterocycles. The van der Waals surface area contributed by atoms with Crippen molar-refractivity contribution < 1.29 is 31.4 Å². The third-order valence-corrected chi connectivity index (χ3v) is 3.72. The van der Waals surface area contributed by atoms with Gasteiger partial charge in [0.05, 0.1) is 0 Å². The average molecular weight is 356 g/mol. The lowest BCUT2D eigenvalue weighted by atomic mass is 9.77. The van der Waals surface area contributed by atoms with Crippen LogP contribution in [0.2, 0.25) is 0 Å². The van der Waals surface area contributed by atoms with Crippen LogP contribution in [0.4, 0.5) is 26.3 Å². The SMILES string of the molecule is CC(C)(C)c1cc(C(F)(F)C(F)C(F)(F)F)cc(C(C)(C)C)c1O. The van der Waals surface area contributed by atoms with E-state index >= 15 is 0 Å². The van der Waals surface area contributed by atoms with Crippen molar-refractivity contribution >= 4 is 0 Å². The highest BCUT2D eigenvalue weighted by Crippen LogP contribution is 2.47. The molecular formula is C17H22F6O. The molecule has 0 saturated heterocycles. The van der Waals surface area contributed by atoms with E-state index in [-0.39, 0.29) is 16.9 Å². The van der Waals surface area contributed by atoms with Crippen LogP contribution in [0, 0.1) is 0 Å². The summed E-state index contributed by atoms with van der Waals surface area (Å²) in [4.78, 5) is 0. The van der Waals surface area contributed by atoms with Crippen LogP contribution in [-0.4, -0.2) is 17.5 Å². The number of phenols is 1. The van der Waals surface area contributed by atoms with Crippen molar-refractivity contribution in [3.63, 3.8) is 0 Å². The fraction of sp³-hybridized carbons (Fsp3) is 0.647. The quantitative estimate of drug-likeness (QED) is 0.646. The van der Waals surface area contributed by atoms with Crippen LogP contribution in [0.15, 0.2) is 12.1 Å². The van der Waals surface area contributed by atoms with Gasteiger partial charge in [0.15, 0.2) is 0 Å². The molecule has 0 aliphatic rings. The molecule has 1 rings (SSSR count). The molecule has 0 heterocycles. The Morgan fingerprint density at radius 2 is 1.12 bits per heavy atom. The molecule has 24 heavy (non-hydrogen) atoms. The van der Waals surface area contributed by atoms with Gasteiger partial charge in [0, 0.05) is 16.7 Å². The second-order valence-corrected chi connectivity index (χ2v) is 7.95. The number of hydrogen-bond donors (Lipinski definition) is 1. The number of benzene rings is 1. The summed E-state index contributed by atoms with van der Waals surface area (Å²) in [6, 6.07) is 1.51. The van der Waals surface area contributed by atoms with Gasteiger partial charge in [-0.1, -0.05) is 41.5 Å². The molecule has 7 heteroatoms. The first kappa shape index (κ1) is 20.6. The second-order valence-electron chi connectivity index (χ2n) is 7.95. The Morgan fingerprint density at radius 1 is 0.792 bits per heavy atom. The minimum Gasteiger partial charge on any atom is -0.507 e. The van der Waals surface area contributed by atoms with Gasteiger partial charge in [0.2, 0.25) is 0 Å². The fourth-order valence-electron chi connectivity index (χ4n) is 2.32. The molecule has 0 fully saturated rings. The van der Waals surface area contributed by atoms with Crippen LogP contribution in [0.3, 0.4) is 0 Å². The molecule has 0 spiro atoms. The van der Waals surface area contributed by atoms with Crippen molar-refractivity contribution in [1.29, 1.82) is 0 Å². The van der Waals surface area contributed by atoms with E-state index in [0.29, 0.717) is 0 Å². The molecule has 1 N–H and O–H groups in total. The molecule has 1 aromatic carbocycles. The van der Waals surface area contributed by atoms with E-state index in [1.54, 1.807) is 41.5 Å². The van der Waals surface area contributed by atoms with Gasteiger partial charge in [-0.05, 0) is 23.0 Å². The standard InChI is InChI=1S/C17H22F6O/c1-14(2,3)10-7-9(8-11(12(10)24)15(4,5)6)16(19,20)13(18)17(21,22)23/h7-8,13,24H,1-6H3. The Kier molecular flexibility index (Phi) is 5.03. The number of hydrogen-bond acceptors (Lipinski definition) is 1. The van der Waals surface area contributed by atoms with Crippen molar-refractivity contribution in [2.45, 2.75) is 70.6 Å². The highest BCUT2D eigenvalue weighted by Gasteiger charge is 2.58. The number of rotatable bonds is 2. The van der Waals surface area contributed by atoms with E-state index in [1.807, 2.05) is 0 Å². The molecule has 0 saturated carbocycles. The summed E-state index contributed by atoms with van der Waals surface area (Å²) in [7, 11) is 0. The van der Waals surface area contributed by atoms with Gasteiger partial charge in [-0.3, -0.25) is 0 Å². The topological polar surface area (TPSA) is 20.2 Å². The van der Waals surface area contributed by atoms with E-state index in [9.17, 15) is 31.4 Å². The van der Waals surface area contributed by atoms with Crippen molar-refractivity contribution in [2.24, 2.45) is 0 Å². The van der Waals surface area contributed by atoms with Crippen LogP contribution in [0.1, 0.15) is 58.2 Å². The lowest BCUT2D eigenvalue weighted by Gasteiger charge is -2.30. The van der Waals surface area contributed by atoms with Gasteiger partial charge in [-0.15, -0.1) is 0 Å². The Hall–Kier alpha value is -1.40. The first-order chi connectivity index (χ1) is 10.4. The molecule has 0 radical (unpaired) electrons.